The van der Waals surface area contributed by atoms with Gasteiger partial charge >= 0.3 is 0 Å². The minimum absolute atomic E-state index is 0.638. The Morgan fingerprint density at radius 1 is 1.33 bits per heavy atom. The highest BCUT2D eigenvalue weighted by atomic mass is 35.5. The normalized spacial score (nSPS) is 10.4. The van der Waals surface area contributed by atoms with Gasteiger partial charge in [-0.05, 0) is 44.1 Å². The summed E-state index contributed by atoms with van der Waals surface area (Å²) in [5.41, 5.74) is 3.06. The summed E-state index contributed by atoms with van der Waals surface area (Å²) in [5, 5.41) is 12.1. The number of aryl methyl sites for hydroxylation is 3. The first-order valence-corrected chi connectivity index (χ1v) is 7.65. The summed E-state index contributed by atoms with van der Waals surface area (Å²) in [4.78, 5) is 0. The first-order valence-electron chi connectivity index (χ1n) is 6.86. The molecule has 6 heteroatoms. The standard InChI is InChI=1S/C15H19ClN4S/c1-11-6-3-4-7-14(11)18-15(21)17-8-5-9-20-10-13(16)12(2)19-20/h3-4,6-7,10H,5,8-9H2,1-2H3,(H2,17,18,21). The average molecular weight is 323 g/mol. The first-order chi connectivity index (χ1) is 10.1. The minimum Gasteiger partial charge on any atom is -0.362 e. The Morgan fingerprint density at radius 2 is 2.10 bits per heavy atom. The maximum absolute atomic E-state index is 5.97. The van der Waals surface area contributed by atoms with Crippen molar-refractivity contribution in [2.75, 3.05) is 11.9 Å². The van der Waals surface area contributed by atoms with E-state index in [-0.39, 0.29) is 0 Å². The van der Waals surface area contributed by atoms with Crippen molar-refractivity contribution in [2.45, 2.75) is 26.8 Å². The van der Waals surface area contributed by atoms with E-state index in [1.807, 2.05) is 36.0 Å². The molecule has 0 fully saturated rings. The van der Waals surface area contributed by atoms with Crippen molar-refractivity contribution in [1.29, 1.82) is 0 Å². The molecule has 0 saturated heterocycles. The van der Waals surface area contributed by atoms with Crippen molar-refractivity contribution in [3.05, 3.63) is 46.7 Å². The maximum Gasteiger partial charge on any atom is 0.170 e. The minimum atomic E-state index is 0.638. The summed E-state index contributed by atoms with van der Waals surface area (Å²) in [6.45, 7) is 5.55. The molecule has 0 aliphatic heterocycles. The summed E-state index contributed by atoms with van der Waals surface area (Å²) in [6, 6.07) is 8.06. The van der Waals surface area contributed by atoms with E-state index in [0.29, 0.717) is 10.1 Å². The second-order valence-corrected chi connectivity index (χ2v) is 5.69. The quantitative estimate of drug-likeness (QED) is 0.653. The summed E-state index contributed by atoms with van der Waals surface area (Å²) in [5.74, 6) is 0. The van der Waals surface area contributed by atoms with E-state index in [2.05, 4.69) is 28.7 Å². The Balaban J connectivity index is 1.71. The third-order valence-electron chi connectivity index (χ3n) is 3.13. The van der Waals surface area contributed by atoms with Crippen LogP contribution in [-0.4, -0.2) is 21.4 Å². The van der Waals surface area contributed by atoms with Crippen LogP contribution in [0.5, 0.6) is 0 Å². The molecule has 0 unspecified atom stereocenters. The number of rotatable bonds is 5. The lowest BCUT2D eigenvalue weighted by Crippen LogP contribution is -2.30. The van der Waals surface area contributed by atoms with Gasteiger partial charge in [-0.3, -0.25) is 4.68 Å². The molecule has 2 aromatic rings. The molecule has 1 heterocycles. The van der Waals surface area contributed by atoms with Gasteiger partial charge < -0.3 is 10.6 Å². The van der Waals surface area contributed by atoms with Gasteiger partial charge in [-0.2, -0.15) is 5.10 Å². The number of nitrogens with one attached hydrogen (secondary N) is 2. The molecule has 0 spiro atoms. The van der Waals surface area contributed by atoms with Crippen molar-refractivity contribution in [3.63, 3.8) is 0 Å². The van der Waals surface area contributed by atoms with E-state index in [1.165, 1.54) is 5.56 Å². The predicted octanol–water partition coefficient (Wildman–Crippen LogP) is 3.53. The number of benzene rings is 1. The van der Waals surface area contributed by atoms with Gasteiger partial charge in [-0.25, -0.2) is 0 Å². The number of nitrogens with zero attached hydrogens (tertiary/aromatic N) is 2. The Bertz CT molecular complexity index is 604. The Morgan fingerprint density at radius 3 is 2.76 bits per heavy atom. The van der Waals surface area contributed by atoms with Crippen LogP contribution in [0, 0.1) is 13.8 Å². The third kappa shape index (κ3) is 4.72. The third-order valence-corrected chi connectivity index (χ3v) is 3.75. The molecule has 4 nitrogen and oxygen atoms in total. The fraction of sp³-hybridized carbons (Fsp3) is 0.333. The molecule has 1 aromatic carbocycles. The molecule has 0 atom stereocenters. The zero-order chi connectivity index (χ0) is 15.2. The molecule has 112 valence electrons. The van der Waals surface area contributed by atoms with Gasteiger partial charge in [0, 0.05) is 25.0 Å². The maximum atomic E-state index is 5.97. The van der Waals surface area contributed by atoms with Crippen molar-refractivity contribution in [2.24, 2.45) is 0 Å². The lowest BCUT2D eigenvalue weighted by atomic mass is 10.2. The molecule has 2 N–H and O–H groups in total. The van der Waals surface area contributed by atoms with Gasteiger partial charge in [-0.1, -0.05) is 29.8 Å². The van der Waals surface area contributed by atoms with Crippen molar-refractivity contribution in [1.82, 2.24) is 15.1 Å². The molecular weight excluding hydrogens is 304 g/mol. The second-order valence-electron chi connectivity index (χ2n) is 4.87. The van der Waals surface area contributed by atoms with E-state index in [0.717, 1.165) is 30.9 Å². The Labute approximate surface area is 135 Å². The Kier molecular flexibility index (Phi) is 5.59. The molecule has 0 aliphatic carbocycles. The molecule has 2 rings (SSSR count). The number of para-hydroxylation sites is 1. The van der Waals surface area contributed by atoms with Crippen LogP contribution < -0.4 is 10.6 Å². The van der Waals surface area contributed by atoms with Crippen LogP contribution in [0.4, 0.5) is 5.69 Å². The largest absolute Gasteiger partial charge is 0.362 e. The van der Waals surface area contributed by atoms with Crippen LogP contribution in [-0.2, 0) is 6.54 Å². The molecule has 1 aromatic heterocycles. The molecule has 0 amide bonds. The van der Waals surface area contributed by atoms with Crippen molar-refractivity contribution in [3.8, 4) is 0 Å². The van der Waals surface area contributed by atoms with Crippen LogP contribution in [0.25, 0.3) is 0 Å². The molecule has 0 saturated carbocycles. The molecule has 0 radical (unpaired) electrons. The van der Waals surface area contributed by atoms with Gasteiger partial charge in [0.15, 0.2) is 5.11 Å². The number of aromatic nitrogens is 2. The molecule has 21 heavy (non-hydrogen) atoms. The summed E-state index contributed by atoms with van der Waals surface area (Å²) in [7, 11) is 0. The topological polar surface area (TPSA) is 41.9 Å². The van der Waals surface area contributed by atoms with Gasteiger partial charge in [0.05, 0.1) is 10.7 Å². The fourth-order valence-corrected chi connectivity index (χ4v) is 2.29. The van der Waals surface area contributed by atoms with Crippen LogP contribution in [0.15, 0.2) is 30.5 Å². The van der Waals surface area contributed by atoms with E-state index < -0.39 is 0 Å². The van der Waals surface area contributed by atoms with Gasteiger partial charge in [0.25, 0.3) is 0 Å². The van der Waals surface area contributed by atoms with E-state index in [4.69, 9.17) is 23.8 Å². The average Bonchev–Trinajstić information content (AvgIpc) is 2.76. The summed E-state index contributed by atoms with van der Waals surface area (Å²) >= 11 is 11.3. The van der Waals surface area contributed by atoms with Crippen molar-refractivity contribution >= 4 is 34.6 Å². The predicted molar refractivity (Wildman–Crippen MR) is 92.0 cm³/mol. The number of hydrogen-bond acceptors (Lipinski definition) is 2. The van der Waals surface area contributed by atoms with Gasteiger partial charge in [0.1, 0.15) is 0 Å². The lowest BCUT2D eigenvalue weighted by molar-refractivity contribution is 0.570. The van der Waals surface area contributed by atoms with E-state index >= 15 is 0 Å². The van der Waals surface area contributed by atoms with Crippen LogP contribution in [0.1, 0.15) is 17.7 Å². The highest BCUT2D eigenvalue weighted by molar-refractivity contribution is 7.80. The number of thiocarbonyl (C=S) groups is 1. The number of hydrogen-bond donors (Lipinski definition) is 2. The molecule has 0 bridgehead atoms. The number of halogens is 1. The highest BCUT2D eigenvalue weighted by Gasteiger charge is 2.02. The lowest BCUT2D eigenvalue weighted by Gasteiger charge is -2.12. The van der Waals surface area contributed by atoms with Gasteiger partial charge in [-0.15, -0.1) is 0 Å². The fourth-order valence-electron chi connectivity index (χ4n) is 1.93. The highest BCUT2D eigenvalue weighted by Crippen LogP contribution is 2.13. The van der Waals surface area contributed by atoms with E-state index in [1.54, 1.807) is 0 Å². The Hall–Kier alpha value is -1.59. The molecular formula is C15H19ClN4S. The van der Waals surface area contributed by atoms with E-state index in [9.17, 15) is 0 Å². The summed E-state index contributed by atoms with van der Waals surface area (Å²) < 4.78 is 1.86. The van der Waals surface area contributed by atoms with Crippen LogP contribution >= 0.6 is 23.8 Å². The van der Waals surface area contributed by atoms with Crippen molar-refractivity contribution < 1.29 is 0 Å². The summed E-state index contributed by atoms with van der Waals surface area (Å²) in [6.07, 6.45) is 2.77. The monoisotopic (exact) mass is 322 g/mol. The SMILES string of the molecule is Cc1ccccc1NC(=S)NCCCn1cc(Cl)c(C)n1. The first kappa shape index (κ1) is 15.8. The number of anilines is 1. The zero-order valence-corrected chi connectivity index (χ0v) is 13.8. The smallest absolute Gasteiger partial charge is 0.170 e. The molecule has 0 aliphatic rings. The second kappa shape index (κ2) is 7.43. The van der Waals surface area contributed by atoms with Crippen LogP contribution in [0.2, 0.25) is 5.02 Å². The van der Waals surface area contributed by atoms with Gasteiger partial charge in [0.2, 0.25) is 0 Å². The zero-order valence-electron chi connectivity index (χ0n) is 12.2. The van der Waals surface area contributed by atoms with Crippen LogP contribution in [0.3, 0.4) is 0 Å².